The Morgan fingerprint density at radius 1 is 1.20 bits per heavy atom. The molecule has 0 fully saturated rings. The van der Waals surface area contributed by atoms with Crippen molar-refractivity contribution in [3.05, 3.63) is 63.4 Å². The summed E-state index contributed by atoms with van der Waals surface area (Å²) in [5.74, 6) is 5.75. The van der Waals surface area contributed by atoms with Gasteiger partial charge < -0.3 is 4.74 Å². The first-order valence-corrected chi connectivity index (χ1v) is 6.57. The van der Waals surface area contributed by atoms with Crippen LogP contribution in [0.4, 0.5) is 4.39 Å². The summed E-state index contributed by atoms with van der Waals surface area (Å²) in [5, 5.41) is 0.581. The van der Waals surface area contributed by atoms with E-state index in [9.17, 15) is 4.39 Å². The van der Waals surface area contributed by atoms with Crippen LogP contribution in [0.5, 0.6) is 5.75 Å². The Labute approximate surface area is 126 Å². The van der Waals surface area contributed by atoms with Gasteiger partial charge in [0.2, 0.25) is 0 Å². The van der Waals surface area contributed by atoms with Crippen molar-refractivity contribution in [2.45, 2.75) is 6.04 Å². The van der Waals surface area contributed by atoms with Crippen LogP contribution in [0.1, 0.15) is 17.2 Å². The molecule has 20 heavy (non-hydrogen) atoms. The predicted molar refractivity (Wildman–Crippen MR) is 78.6 cm³/mol. The molecule has 0 radical (unpaired) electrons. The fourth-order valence-corrected chi connectivity index (χ4v) is 2.36. The van der Waals surface area contributed by atoms with E-state index in [0.717, 1.165) is 5.56 Å². The molecule has 2 aromatic rings. The van der Waals surface area contributed by atoms with Crippen molar-refractivity contribution in [3.63, 3.8) is 0 Å². The lowest BCUT2D eigenvalue weighted by atomic mass is 9.98. The molecule has 1 atom stereocenters. The van der Waals surface area contributed by atoms with E-state index in [4.69, 9.17) is 33.8 Å². The lowest BCUT2D eigenvalue weighted by Crippen LogP contribution is -2.29. The Morgan fingerprint density at radius 3 is 2.55 bits per heavy atom. The number of ether oxygens (including phenoxy) is 1. The van der Waals surface area contributed by atoms with Crippen LogP contribution in [0.3, 0.4) is 0 Å². The van der Waals surface area contributed by atoms with Crippen LogP contribution in [-0.4, -0.2) is 7.11 Å². The van der Waals surface area contributed by atoms with Gasteiger partial charge in [-0.05, 0) is 35.9 Å². The van der Waals surface area contributed by atoms with Crippen molar-refractivity contribution in [1.82, 2.24) is 5.43 Å². The second-order valence-corrected chi connectivity index (χ2v) is 5.00. The number of hydrogen-bond donors (Lipinski definition) is 2. The summed E-state index contributed by atoms with van der Waals surface area (Å²) < 4.78 is 18.5. The Hall–Kier alpha value is -1.33. The van der Waals surface area contributed by atoms with Crippen molar-refractivity contribution >= 4 is 23.2 Å². The average molecular weight is 315 g/mol. The van der Waals surface area contributed by atoms with Crippen LogP contribution in [0, 0.1) is 5.82 Å². The lowest BCUT2D eigenvalue weighted by molar-refractivity contribution is 0.404. The highest BCUT2D eigenvalue weighted by Crippen LogP contribution is 2.33. The van der Waals surface area contributed by atoms with Gasteiger partial charge in [-0.3, -0.25) is 5.84 Å². The number of benzene rings is 2. The Balaban J connectivity index is 2.51. The van der Waals surface area contributed by atoms with Crippen LogP contribution in [0.15, 0.2) is 36.4 Å². The molecule has 106 valence electrons. The fraction of sp³-hybridized carbons (Fsp3) is 0.143. The SMILES string of the molecule is COc1ccc(Cl)cc1C(NN)c1ccc(F)c(Cl)c1. The molecule has 3 N–H and O–H groups in total. The minimum absolute atomic E-state index is 0.0312. The third-order valence-corrected chi connectivity index (χ3v) is 3.47. The van der Waals surface area contributed by atoms with E-state index in [-0.39, 0.29) is 5.02 Å². The van der Waals surface area contributed by atoms with Gasteiger partial charge in [-0.15, -0.1) is 0 Å². The molecule has 1 unspecified atom stereocenters. The van der Waals surface area contributed by atoms with Crippen molar-refractivity contribution in [2.75, 3.05) is 7.11 Å². The number of nitrogens with one attached hydrogen (secondary N) is 1. The Kier molecular flexibility index (Phi) is 4.83. The molecule has 0 aliphatic carbocycles. The number of nitrogens with two attached hydrogens (primary N) is 1. The summed E-state index contributed by atoms with van der Waals surface area (Å²) in [7, 11) is 1.55. The van der Waals surface area contributed by atoms with Gasteiger partial charge in [0.1, 0.15) is 11.6 Å². The van der Waals surface area contributed by atoms with Gasteiger partial charge in [0, 0.05) is 10.6 Å². The van der Waals surface area contributed by atoms with Crippen LogP contribution >= 0.6 is 23.2 Å². The minimum atomic E-state index is -0.482. The first kappa shape index (κ1) is 15.1. The van der Waals surface area contributed by atoms with E-state index in [1.807, 2.05) is 0 Å². The van der Waals surface area contributed by atoms with Gasteiger partial charge in [-0.1, -0.05) is 29.3 Å². The number of hydrogen-bond acceptors (Lipinski definition) is 3. The highest BCUT2D eigenvalue weighted by Gasteiger charge is 2.18. The fourth-order valence-electron chi connectivity index (χ4n) is 1.99. The molecule has 0 amide bonds. The van der Waals surface area contributed by atoms with Gasteiger partial charge in [-0.2, -0.15) is 0 Å². The van der Waals surface area contributed by atoms with Gasteiger partial charge >= 0.3 is 0 Å². The van der Waals surface area contributed by atoms with Crippen molar-refractivity contribution in [2.24, 2.45) is 5.84 Å². The Morgan fingerprint density at radius 2 is 1.95 bits per heavy atom. The average Bonchev–Trinajstić information content (AvgIpc) is 2.44. The maximum absolute atomic E-state index is 13.2. The van der Waals surface area contributed by atoms with Crippen LogP contribution in [0.25, 0.3) is 0 Å². The molecular formula is C14H13Cl2FN2O. The molecule has 0 aromatic heterocycles. The molecular weight excluding hydrogens is 302 g/mol. The second-order valence-electron chi connectivity index (χ2n) is 4.16. The first-order valence-electron chi connectivity index (χ1n) is 5.81. The topological polar surface area (TPSA) is 47.3 Å². The second kappa shape index (κ2) is 6.41. The molecule has 0 saturated heterocycles. The van der Waals surface area contributed by atoms with E-state index in [1.54, 1.807) is 31.4 Å². The van der Waals surface area contributed by atoms with E-state index in [1.165, 1.54) is 12.1 Å². The maximum Gasteiger partial charge on any atom is 0.141 e. The van der Waals surface area contributed by atoms with Gasteiger partial charge in [-0.25, -0.2) is 9.82 Å². The zero-order valence-electron chi connectivity index (χ0n) is 10.7. The molecule has 2 aromatic carbocycles. The number of hydrazine groups is 1. The summed E-state index contributed by atoms with van der Waals surface area (Å²) >= 11 is 11.8. The molecule has 0 heterocycles. The molecule has 0 spiro atoms. The molecule has 6 heteroatoms. The largest absolute Gasteiger partial charge is 0.496 e. The quantitative estimate of drug-likeness (QED) is 0.668. The molecule has 0 aliphatic rings. The Bertz CT molecular complexity index is 622. The van der Waals surface area contributed by atoms with Gasteiger partial charge in [0.15, 0.2) is 0 Å². The molecule has 3 nitrogen and oxygen atoms in total. The summed E-state index contributed by atoms with van der Waals surface area (Å²) in [6.07, 6.45) is 0. The van der Waals surface area contributed by atoms with Crippen LogP contribution in [0.2, 0.25) is 10.0 Å². The summed E-state index contributed by atoms with van der Waals surface area (Å²) in [6.45, 7) is 0. The lowest BCUT2D eigenvalue weighted by Gasteiger charge is -2.20. The summed E-state index contributed by atoms with van der Waals surface area (Å²) in [5.41, 5.74) is 4.11. The van der Waals surface area contributed by atoms with Crippen molar-refractivity contribution < 1.29 is 9.13 Å². The van der Waals surface area contributed by atoms with E-state index in [0.29, 0.717) is 16.3 Å². The molecule has 0 bridgehead atoms. The third kappa shape index (κ3) is 3.04. The number of rotatable bonds is 4. The van der Waals surface area contributed by atoms with Crippen molar-refractivity contribution in [3.8, 4) is 5.75 Å². The van der Waals surface area contributed by atoms with E-state index < -0.39 is 11.9 Å². The van der Waals surface area contributed by atoms with Gasteiger partial charge in [0.25, 0.3) is 0 Å². The summed E-state index contributed by atoms with van der Waals surface area (Å²) in [6, 6.07) is 9.19. The monoisotopic (exact) mass is 314 g/mol. The highest BCUT2D eigenvalue weighted by molar-refractivity contribution is 6.31. The number of methoxy groups -OCH3 is 1. The predicted octanol–water partition coefficient (Wildman–Crippen LogP) is 3.69. The minimum Gasteiger partial charge on any atom is -0.496 e. The highest BCUT2D eigenvalue weighted by atomic mass is 35.5. The maximum atomic E-state index is 13.2. The third-order valence-electron chi connectivity index (χ3n) is 2.95. The zero-order valence-corrected chi connectivity index (χ0v) is 12.2. The zero-order chi connectivity index (χ0) is 14.7. The molecule has 0 saturated carbocycles. The first-order chi connectivity index (χ1) is 9.56. The molecule has 2 rings (SSSR count). The smallest absolute Gasteiger partial charge is 0.141 e. The van der Waals surface area contributed by atoms with E-state index >= 15 is 0 Å². The molecule has 0 aliphatic heterocycles. The van der Waals surface area contributed by atoms with Crippen LogP contribution in [-0.2, 0) is 0 Å². The standard InChI is InChI=1S/C14H13Cl2FN2O/c1-20-13-5-3-9(15)7-10(13)14(19-18)8-2-4-12(17)11(16)6-8/h2-7,14,19H,18H2,1H3. The van der Waals surface area contributed by atoms with E-state index in [2.05, 4.69) is 5.43 Å². The van der Waals surface area contributed by atoms with Gasteiger partial charge in [0.05, 0.1) is 18.2 Å². The summed E-state index contributed by atoms with van der Waals surface area (Å²) in [4.78, 5) is 0. The van der Waals surface area contributed by atoms with Crippen LogP contribution < -0.4 is 16.0 Å². The normalized spacial score (nSPS) is 12.2. The van der Waals surface area contributed by atoms with Crippen molar-refractivity contribution in [1.29, 1.82) is 0 Å². The number of halogens is 3.